The fraction of sp³-hybridized carbons (Fsp3) is 0.389. The molecule has 1 aliphatic heterocycles. The Kier molecular flexibility index (Phi) is 4.47. The number of hydrogen-bond donors (Lipinski definition) is 1. The maximum atomic E-state index is 12.2. The normalized spacial score (nSPS) is 17.0. The molecule has 1 N–H and O–H groups in total. The van der Waals surface area contributed by atoms with Crippen molar-refractivity contribution >= 4 is 5.91 Å². The summed E-state index contributed by atoms with van der Waals surface area (Å²) in [5, 5.41) is 3.06. The number of nitrogens with one attached hydrogen (secondary N) is 1. The predicted octanol–water partition coefficient (Wildman–Crippen LogP) is 2.72. The summed E-state index contributed by atoms with van der Waals surface area (Å²) in [6.07, 6.45) is 6.38. The third kappa shape index (κ3) is 3.32. The van der Waals surface area contributed by atoms with E-state index in [1.54, 1.807) is 6.20 Å². The Hall–Kier alpha value is -2.23. The average Bonchev–Trinajstić information content (AvgIpc) is 2.53. The molecule has 1 aliphatic rings. The molecule has 0 bridgehead atoms. The molecule has 1 aromatic carbocycles. The van der Waals surface area contributed by atoms with Gasteiger partial charge >= 0.3 is 0 Å². The van der Waals surface area contributed by atoms with Crippen molar-refractivity contribution in [1.82, 2.24) is 15.3 Å². The van der Waals surface area contributed by atoms with E-state index >= 15 is 0 Å². The van der Waals surface area contributed by atoms with Gasteiger partial charge in [0.2, 0.25) is 0 Å². The lowest BCUT2D eigenvalue weighted by Gasteiger charge is -2.25. The van der Waals surface area contributed by atoms with E-state index in [0.717, 1.165) is 43.6 Å². The second-order valence-corrected chi connectivity index (χ2v) is 5.81. The van der Waals surface area contributed by atoms with Gasteiger partial charge in [-0.25, -0.2) is 9.97 Å². The molecule has 4 heteroatoms. The Morgan fingerprint density at radius 2 is 2.09 bits per heavy atom. The number of aromatic nitrogens is 2. The molecule has 114 valence electrons. The summed E-state index contributed by atoms with van der Waals surface area (Å²) < 4.78 is 0. The lowest BCUT2D eigenvalue weighted by molar-refractivity contribution is 0.0923. The van der Waals surface area contributed by atoms with Gasteiger partial charge in [-0.15, -0.1) is 0 Å². The van der Waals surface area contributed by atoms with Gasteiger partial charge < -0.3 is 5.32 Å². The predicted molar refractivity (Wildman–Crippen MR) is 85.7 cm³/mol. The monoisotopic (exact) mass is 295 g/mol. The van der Waals surface area contributed by atoms with E-state index in [9.17, 15) is 4.79 Å². The molecule has 0 aliphatic carbocycles. The van der Waals surface area contributed by atoms with Gasteiger partial charge in [-0.2, -0.15) is 0 Å². The van der Waals surface area contributed by atoms with Crippen LogP contribution in [0, 0.1) is 0 Å². The number of fused-ring (bicyclic) bond motifs is 1. The number of carbonyl (C=O) groups is 1. The van der Waals surface area contributed by atoms with Gasteiger partial charge in [0.05, 0.1) is 11.3 Å². The molecule has 22 heavy (non-hydrogen) atoms. The summed E-state index contributed by atoms with van der Waals surface area (Å²) in [5.41, 5.74) is 2.76. The van der Waals surface area contributed by atoms with Crippen molar-refractivity contribution in [1.29, 1.82) is 0 Å². The van der Waals surface area contributed by atoms with Crippen molar-refractivity contribution < 1.29 is 4.79 Å². The van der Waals surface area contributed by atoms with Crippen LogP contribution >= 0.6 is 0 Å². The summed E-state index contributed by atoms with van der Waals surface area (Å²) in [6, 6.07) is 10.3. The molecule has 1 atom stereocenters. The molecule has 0 radical (unpaired) electrons. The van der Waals surface area contributed by atoms with Crippen molar-refractivity contribution in [3.8, 4) is 0 Å². The van der Waals surface area contributed by atoms with Crippen LogP contribution in [0.2, 0.25) is 0 Å². The average molecular weight is 295 g/mol. The van der Waals surface area contributed by atoms with Crippen LogP contribution in [-0.2, 0) is 19.3 Å². The third-order valence-corrected chi connectivity index (χ3v) is 4.02. The molecule has 2 aromatic rings. The Balaban J connectivity index is 1.76. The highest BCUT2D eigenvalue weighted by Gasteiger charge is 2.26. The second kappa shape index (κ2) is 6.69. The minimum absolute atomic E-state index is 0.0516. The first-order valence-electron chi connectivity index (χ1n) is 7.96. The largest absolute Gasteiger partial charge is 0.348 e. The summed E-state index contributed by atoms with van der Waals surface area (Å²) in [4.78, 5) is 21.2. The molecule has 1 aromatic heterocycles. The second-order valence-electron chi connectivity index (χ2n) is 5.81. The summed E-state index contributed by atoms with van der Waals surface area (Å²) in [5.74, 6) is 0.804. The van der Waals surface area contributed by atoms with E-state index in [4.69, 9.17) is 0 Å². The van der Waals surface area contributed by atoms with Crippen molar-refractivity contribution in [2.45, 2.75) is 45.1 Å². The number of carbonyl (C=O) groups excluding carboxylic acids is 1. The Morgan fingerprint density at radius 3 is 2.86 bits per heavy atom. The highest BCUT2D eigenvalue weighted by Crippen LogP contribution is 2.17. The number of amides is 1. The number of unbranched alkanes of at least 4 members (excludes halogenated alkanes) is 1. The minimum atomic E-state index is -0.0516. The Morgan fingerprint density at radius 1 is 1.27 bits per heavy atom. The molecule has 1 amide bonds. The smallest absolute Gasteiger partial charge is 0.254 e. The quantitative estimate of drug-likeness (QED) is 0.922. The number of rotatable bonds is 5. The van der Waals surface area contributed by atoms with Crippen LogP contribution in [0.25, 0.3) is 0 Å². The zero-order valence-corrected chi connectivity index (χ0v) is 12.9. The topological polar surface area (TPSA) is 54.9 Å². The van der Waals surface area contributed by atoms with Crippen molar-refractivity contribution in [2.75, 3.05) is 0 Å². The lowest BCUT2D eigenvalue weighted by Crippen LogP contribution is -2.43. The van der Waals surface area contributed by atoms with Crippen LogP contribution in [-0.4, -0.2) is 21.9 Å². The molecule has 3 rings (SSSR count). The highest BCUT2D eigenvalue weighted by atomic mass is 16.1. The maximum Gasteiger partial charge on any atom is 0.254 e. The number of hydrogen-bond acceptors (Lipinski definition) is 3. The number of aryl methyl sites for hydroxylation is 1. The summed E-state index contributed by atoms with van der Waals surface area (Å²) in [7, 11) is 0. The molecular weight excluding hydrogens is 274 g/mol. The minimum Gasteiger partial charge on any atom is -0.348 e. The number of nitrogens with zero attached hydrogens (tertiary/aromatic N) is 2. The zero-order valence-electron chi connectivity index (χ0n) is 12.9. The molecule has 0 saturated heterocycles. The van der Waals surface area contributed by atoms with E-state index in [2.05, 4.69) is 34.3 Å². The van der Waals surface area contributed by atoms with Gasteiger partial charge in [0.1, 0.15) is 5.82 Å². The first-order valence-corrected chi connectivity index (χ1v) is 7.96. The van der Waals surface area contributed by atoms with E-state index in [-0.39, 0.29) is 11.9 Å². The van der Waals surface area contributed by atoms with Crippen LogP contribution in [0.4, 0.5) is 0 Å². The van der Waals surface area contributed by atoms with Gasteiger partial charge in [-0.3, -0.25) is 4.79 Å². The molecule has 2 heterocycles. The van der Waals surface area contributed by atoms with Crippen molar-refractivity contribution in [3.63, 3.8) is 0 Å². The van der Waals surface area contributed by atoms with Gasteiger partial charge in [0.25, 0.3) is 5.91 Å². The molecule has 0 fully saturated rings. The van der Waals surface area contributed by atoms with Gasteiger partial charge in [0, 0.05) is 25.1 Å². The van der Waals surface area contributed by atoms with Crippen LogP contribution in [0.3, 0.4) is 0 Å². The van der Waals surface area contributed by atoms with Crippen LogP contribution in [0.5, 0.6) is 0 Å². The Labute approximate surface area is 131 Å². The van der Waals surface area contributed by atoms with Crippen LogP contribution in [0.1, 0.15) is 47.2 Å². The molecule has 0 spiro atoms. The van der Waals surface area contributed by atoms with E-state index in [1.807, 2.05) is 18.2 Å². The molecular formula is C18H21N3O. The van der Waals surface area contributed by atoms with Gasteiger partial charge in [0.15, 0.2) is 0 Å². The first-order chi connectivity index (χ1) is 10.8. The van der Waals surface area contributed by atoms with Crippen LogP contribution in [0.15, 0.2) is 36.5 Å². The summed E-state index contributed by atoms with van der Waals surface area (Å²) >= 11 is 0. The summed E-state index contributed by atoms with van der Waals surface area (Å²) in [6.45, 7) is 2.15. The number of benzene rings is 1. The molecule has 0 unspecified atom stereocenters. The maximum absolute atomic E-state index is 12.2. The fourth-order valence-corrected chi connectivity index (χ4v) is 2.83. The van der Waals surface area contributed by atoms with E-state index in [1.165, 1.54) is 5.56 Å². The highest BCUT2D eigenvalue weighted by molar-refractivity contribution is 5.96. The first kappa shape index (κ1) is 14.7. The molecule has 0 saturated carbocycles. The van der Waals surface area contributed by atoms with E-state index in [0.29, 0.717) is 5.56 Å². The zero-order chi connectivity index (χ0) is 15.4. The lowest BCUT2D eigenvalue weighted by atomic mass is 9.96. The SMILES string of the molecule is CCCCc1ncc2c(n1)C[C@@H](Cc1ccccc1)NC2=O. The standard InChI is InChI=1S/C18H21N3O/c1-2-3-9-17-19-12-15-16(21-17)11-14(20-18(15)22)10-13-7-5-4-6-8-13/h4-8,12,14H,2-3,9-11H2,1H3,(H,20,22)/t14-/m1/s1. The fourth-order valence-electron chi connectivity index (χ4n) is 2.83. The van der Waals surface area contributed by atoms with Gasteiger partial charge in [-0.05, 0) is 18.4 Å². The van der Waals surface area contributed by atoms with E-state index < -0.39 is 0 Å². The molecule has 4 nitrogen and oxygen atoms in total. The van der Waals surface area contributed by atoms with Crippen molar-refractivity contribution in [2.24, 2.45) is 0 Å². The van der Waals surface area contributed by atoms with Gasteiger partial charge in [-0.1, -0.05) is 43.7 Å². The van der Waals surface area contributed by atoms with Crippen molar-refractivity contribution in [3.05, 3.63) is 59.2 Å². The van der Waals surface area contributed by atoms with Crippen LogP contribution < -0.4 is 5.32 Å². The Bertz CT molecular complexity index is 655. The third-order valence-electron chi connectivity index (χ3n) is 4.02.